The Hall–Kier alpha value is -2.14. The fraction of sp³-hybridized carbons (Fsp3) is 0.400. The molecule has 4 nitrogen and oxygen atoms in total. The van der Waals surface area contributed by atoms with Gasteiger partial charge in [0.25, 0.3) is 0 Å². The van der Waals surface area contributed by atoms with E-state index in [0.717, 1.165) is 22.0 Å². The molecule has 0 spiro atoms. The van der Waals surface area contributed by atoms with Crippen LogP contribution in [0, 0.1) is 5.41 Å². The summed E-state index contributed by atoms with van der Waals surface area (Å²) in [5.74, 6) is 0.368. The van der Waals surface area contributed by atoms with Crippen molar-refractivity contribution in [2.45, 2.75) is 40.0 Å². The van der Waals surface area contributed by atoms with E-state index in [1.165, 1.54) is 0 Å². The SMILES string of the molecule is CC(C)c1csc(C=Cc2cccc(OCCC(C)(C)C(=O)O)c2)n1. The van der Waals surface area contributed by atoms with Gasteiger partial charge in [0, 0.05) is 5.38 Å². The van der Waals surface area contributed by atoms with Gasteiger partial charge in [-0.2, -0.15) is 0 Å². The summed E-state index contributed by atoms with van der Waals surface area (Å²) in [4.78, 5) is 15.7. The van der Waals surface area contributed by atoms with Crippen LogP contribution in [0.4, 0.5) is 0 Å². The van der Waals surface area contributed by atoms with Crippen molar-refractivity contribution in [1.82, 2.24) is 4.98 Å². The lowest BCUT2D eigenvalue weighted by Gasteiger charge is -2.18. The Morgan fingerprint density at radius 2 is 2.12 bits per heavy atom. The molecule has 1 N–H and O–H groups in total. The summed E-state index contributed by atoms with van der Waals surface area (Å²) in [5, 5.41) is 12.2. The lowest BCUT2D eigenvalue weighted by Crippen LogP contribution is -2.25. The second-order valence-electron chi connectivity index (χ2n) is 6.96. The molecule has 0 amide bonds. The number of carbonyl (C=O) groups is 1. The number of hydrogen-bond donors (Lipinski definition) is 1. The minimum absolute atomic E-state index is 0.372. The Kier molecular flexibility index (Phi) is 6.37. The quantitative estimate of drug-likeness (QED) is 0.693. The van der Waals surface area contributed by atoms with Crippen LogP contribution in [0.15, 0.2) is 29.6 Å². The molecule has 0 aliphatic rings. The summed E-state index contributed by atoms with van der Waals surface area (Å²) in [6.45, 7) is 8.05. The lowest BCUT2D eigenvalue weighted by atomic mass is 9.90. The highest BCUT2D eigenvalue weighted by atomic mass is 32.1. The Bertz CT molecular complexity index is 747. The molecule has 0 radical (unpaired) electrons. The molecule has 0 fully saturated rings. The minimum Gasteiger partial charge on any atom is -0.494 e. The molecule has 1 heterocycles. The van der Waals surface area contributed by atoms with Gasteiger partial charge in [0.05, 0.1) is 17.7 Å². The number of hydrogen-bond acceptors (Lipinski definition) is 4. The highest BCUT2D eigenvalue weighted by Crippen LogP contribution is 2.23. The minimum atomic E-state index is -0.808. The van der Waals surface area contributed by atoms with E-state index >= 15 is 0 Å². The summed E-state index contributed by atoms with van der Waals surface area (Å²) in [5.41, 5.74) is 1.36. The van der Waals surface area contributed by atoms with Gasteiger partial charge in [-0.25, -0.2) is 4.98 Å². The number of thiazole rings is 1. The molecule has 0 aliphatic carbocycles. The predicted molar refractivity (Wildman–Crippen MR) is 103 cm³/mol. The molecule has 0 aliphatic heterocycles. The van der Waals surface area contributed by atoms with Crippen LogP contribution in [0.2, 0.25) is 0 Å². The molecule has 5 heteroatoms. The Morgan fingerprint density at radius 1 is 1.36 bits per heavy atom. The Labute approximate surface area is 153 Å². The molecular formula is C20H25NO3S. The number of rotatable bonds is 8. The largest absolute Gasteiger partial charge is 0.494 e. The van der Waals surface area contributed by atoms with Crippen LogP contribution in [0.3, 0.4) is 0 Å². The summed E-state index contributed by atoms with van der Waals surface area (Å²) in [6.07, 6.45) is 4.47. The second-order valence-corrected chi connectivity index (χ2v) is 7.85. The van der Waals surface area contributed by atoms with Crippen LogP contribution in [-0.4, -0.2) is 22.7 Å². The van der Waals surface area contributed by atoms with Gasteiger partial charge in [0.2, 0.25) is 0 Å². The van der Waals surface area contributed by atoms with Crippen molar-refractivity contribution in [2.24, 2.45) is 5.41 Å². The van der Waals surface area contributed by atoms with E-state index in [1.54, 1.807) is 25.2 Å². The normalized spacial score (nSPS) is 12.0. The van der Waals surface area contributed by atoms with Crippen molar-refractivity contribution in [1.29, 1.82) is 0 Å². The molecule has 2 aromatic rings. The van der Waals surface area contributed by atoms with Crippen LogP contribution in [0.5, 0.6) is 5.75 Å². The van der Waals surface area contributed by atoms with Gasteiger partial charge in [0.1, 0.15) is 10.8 Å². The van der Waals surface area contributed by atoms with Crippen LogP contribution in [0.1, 0.15) is 56.3 Å². The molecule has 1 aromatic heterocycles. The molecule has 0 bridgehead atoms. The van der Waals surface area contributed by atoms with E-state index in [1.807, 2.05) is 36.4 Å². The van der Waals surface area contributed by atoms with Gasteiger partial charge in [0.15, 0.2) is 0 Å². The highest BCUT2D eigenvalue weighted by molar-refractivity contribution is 7.10. The molecule has 0 saturated carbocycles. The van der Waals surface area contributed by atoms with E-state index in [0.29, 0.717) is 18.9 Å². The topological polar surface area (TPSA) is 59.4 Å². The molecule has 25 heavy (non-hydrogen) atoms. The number of aliphatic carboxylic acids is 1. The standard InChI is InChI=1S/C20H25NO3S/c1-14(2)17-13-25-18(21-17)9-8-15-6-5-7-16(12-15)24-11-10-20(3,4)19(22)23/h5-9,12-14H,10-11H2,1-4H3,(H,22,23). The van der Waals surface area contributed by atoms with Crippen molar-refractivity contribution >= 4 is 29.5 Å². The molecule has 0 saturated heterocycles. The van der Waals surface area contributed by atoms with E-state index in [9.17, 15) is 4.79 Å². The van der Waals surface area contributed by atoms with Gasteiger partial charge in [-0.15, -0.1) is 11.3 Å². The average molecular weight is 359 g/mol. The zero-order chi connectivity index (χ0) is 18.4. The number of carboxylic acid groups (broad SMARTS) is 1. The number of carboxylic acids is 1. The third-order valence-electron chi connectivity index (χ3n) is 3.98. The molecule has 134 valence electrons. The van der Waals surface area contributed by atoms with Crippen LogP contribution >= 0.6 is 11.3 Å². The first-order chi connectivity index (χ1) is 11.8. The van der Waals surface area contributed by atoms with Gasteiger partial charge in [-0.1, -0.05) is 32.1 Å². The predicted octanol–water partition coefficient (Wildman–Crippen LogP) is 5.32. The molecule has 0 atom stereocenters. The maximum Gasteiger partial charge on any atom is 0.309 e. The number of nitrogens with zero attached hydrogens (tertiary/aromatic N) is 1. The van der Waals surface area contributed by atoms with Crippen LogP contribution < -0.4 is 4.74 Å². The summed E-state index contributed by atoms with van der Waals surface area (Å²) in [7, 11) is 0. The molecule has 0 unspecified atom stereocenters. The zero-order valence-electron chi connectivity index (χ0n) is 15.2. The van der Waals surface area contributed by atoms with Gasteiger partial charge in [-0.3, -0.25) is 4.79 Å². The van der Waals surface area contributed by atoms with Crippen molar-refractivity contribution in [2.75, 3.05) is 6.61 Å². The molecule has 2 rings (SSSR count). The number of aromatic nitrogens is 1. The Balaban J connectivity index is 1.96. The maximum absolute atomic E-state index is 11.1. The monoisotopic (exact) mass is 359 g/mol. The zero-order valence-corrected chi connectivity index (χ0v) is 16.0. The van der Waals surface area contributed by atoms with Crippen molar-refractivity contribution < 1.29 is 14.6 Å². The number of benzene rings is 1. The smallest absolute Gasteiger partial charge is 0.309 e. The van der Waals surface area contributed by atoms with E-state index < -0.39 is 11.4 Å². The first-order valence-corrected chi connectivity index (χ1v) is 9.25. The Morgan fingerprint density at radius 3 is 2.76 bits per heavy atom. The van der Waals surface area contributed by atoms with Gasteiger partial charge in [-0.05, 0) is 50.0 Å². The van der Waals surface area contributed by atoms with Crippen molar-refractivity contribution in [3.8, 4) is 5.75 Å². The molecular weight excluding hydrogens is 334 g/mol. The first kappa shape index (κ1) is 19.2. The van der Waals surface area contributed by atoms with Gasteiger partial charge >= 0.3 is 5.97 Å². The first-order valence-electron chi connectivity index (χ1n) is 8.38. The van der Waals surface area contributed by atoms with E-state index in [4.69, 9.17) is 9.84 Å². The fourth-order valence-electron chi connectivity index (χ4n) is 2.05. The van der Waals surface area contributed by atoms with E-state index in [-0.39, 0.29) is 0 Å². The maximum atomic E-state index is 11.1. The van der Waals surface area contributed by atoms with Crippen molar-refractivity contribution in [3.05, 3.63) is 45.9 Å². The van der Waals surface area contributed by atoms with E-state index in [2.05, 4.69) is 24.2 Å². The highest BCUT2D eigenvalue weighted by Gasteiger charge is 2.26. The van der Waals surface area contributed by atoms with Crippen molar-refractivity contribution in [3.63, 3.8) is 0 Å². The lowest BCUT2D eigenvalue weighted by molar-refractivity contribution is -0.147. The summed E-state index contributed by atoms with van der Waals surface area (Å²) >= 11 is 1.64. The van der Waals surface area contributed by atoms with Crippen LogP contribution in [-0.2, 0) is 4.79 Å². The summed E-state index contributed by atoms with van der Waals surface area (Å²) < 4.78 is 5.71. The van der Waals surface area contributed by atoms with Gasteiger partial charge < -0.3 is 9.84 Å². The second kappa shape index (κ2) is 8.30. The van der Waals surface area contributed by atoms with Crippen LogP contribution in [0.25, 0.3) is 12.2 Å². The third-order valence-corrected chi connectivity index (χ3v) is 4.81. The average Bonchev–Trinajstić information content (AvgIpc) is 3.02. The third kappa shape index (κ3) is 5.71. The molecule has 1 aromatic carbocycles. The number of ether oxygens (including phenoxy) is 1. The summed E-state index contributed by atoms with van der Waals surface area (Å²) in [6, 6.07) is 7.76. The fourth-order valence-corrected chi connectivity index (χ4v) is 2.92.